The molecule has 8 nitrogen and oxygen atoms in total. The number of likely N-dealkylation sites (tertiary alicyclic amines) is 1. The van der Waals surface area contributed by atoms with Crippen molar-refractivity contribution in [2.24, 2.45) is 0 Å². The molecule has 2 saturated heterocycles. The topological polar surface area (TPSA) is 77.3 Å². The second kappa shape index (κ2) is 9.37. The number of hydrogen-bond acceptors (Lipinski definition) is 7. The Kier molecular flexibility index (Phi) is 6.29. The summed E-state index contributed by atoms with van der Waals surface area (Å²) in [5.74, 6) is -2.78. The molecule has 5 unspecified atom stereocenters. The summed E-state index contributed by atoms with van der Waals surface area (Å²) in [4.78, 5) is 11.1. The van der Waals surface area contributed by atoms with Crippen LogP contribution in [0.25, 0.3) is 10.9 Å². The van der Waals surface area contributed by atoms with E-state index in [9.17, 15) is 8.78 Å². The van der Waals surface area contributed by atoms with Crippen molar-refractivity contribution >= 4 is 34.1 Å². The van der Waals surface area contributed by atoms with Gasteiger partial charge in [0.15, 0.2) is 5.15 Å². The molecule has 2 aromatic heterocycles. The summed E-state index contributed by atoms with van der Waals surface area (Å²) in [5.41, 5.74) is 2.93. The number of nitrogens with zero attached hydrogens (tertiary/aromatic N) is 5. The van der Waals surface area contributed by atoms with E-state index < -0.39 is 18.1 Å². The summed E-state index contributed by atoms with van der Waals surface area (Å²) in [5, 5.41) is 7.87. The summed E-state index contributed by atoms with van der Waals surface area (Å²) in [6.07, 6.45) is 2.39. The molecule has 1 aliphatic carbocycles. The summed E-state index contributed by atoms with van der Waals surface area (Å²) in [7, 11) is 1.67. The SMILES string of the molecule is COC1COCC1N1CCC(c2cc3nc(Nc4cnn(C5CC5(F)F)c4Cl)ncc3cc2C)C(F)C1. The van der Waals surface area contributed by atoms with Crippen LogP contribution in [-0.4, -0.2) is 82.3 Å². The monoisotopic (exact) mass is 536 g/mol. The Morgan fingerprint density at radius 3 is 2.78 bits per heavy atom. The Balaban J connectivity index is 1.21. The number of piperidine rings is 1. The van der Waals surface area contributed by atoms with Crippen LogP contribution in [0.4, 0.5) is 24.8 Å². The van der Waals surface area contributed by atoms with Gasteiger partial charge in [0.25, 0.3) is 5.92 Å². The highest BCUT2D eigenvalue weighted by molar-refractivity contribution is 6.32. The van der Waals surface area contributed by atoms with Crippen LogP contribution in [-0.2, 0) is 9.47 Å². The van der Waals surface area contributed by atoms with Crippen molar-refractivity contribution in [2.45, 2.75) is 56.0 Å². The van der Waals surface area contributed by atoms with E-state index in [0.717, 1.165) is 27.7 Å². The molecule has 1 saturated carbocycles. The number of aryl methyl sites for hydroxylation is 1. The summed E-state index contributed by atoms with van der Waals surface area (Å²) >= 11 is 6.28. The Hall–Kier alpha value is -2.47. The van der Waals surface area contributed by atoms with Gasteiger partial charge >= 0.3 is 0 Å². The number of nitrogens with one attached hydrogen (secondary N) is 1. The fourth-order valence-corrected chi connectivity index (χ4v) is 5.83. The van der Waals surface area contributed by atoms with Crippen molar-refractivity contribution in [1.29, 1.82) is 0 Å². The van der Waals surface area contributed by atoms with Crippen LogP contribution in [0.5, 0.6) is 0 Å². The number of fused-ring (bicyclic) bond motifs is 1. The molecule has 1 aromatic carbocycles. The Labute approximate surface area is 217 Å². The molecule has 12 heteroatoms. The molecule has 37 heavy (non-hydrogen) atoms. The van der Waals surface area contributed by atoms with Crippen LogP contribution in [0, 0.1) is 6.92 Å². The van der Waals surface area contributed by atoms with Crippen LogP contribution >= 0.6 is 11.6 Å². The molecule has 0 spiro atoms. The van der Waals surface area contributed by atoms with Gasteiger partial charge in [-0.15, -0.1) is 0 Å². The van der Waals surface area contributed by atoms with Crippen LogP contribution < -0.4 is 5.32 Å². The van der Waals surface area contributed by atoms with E-state index in [0.29, 0.717) is 37.4 Å². The molecular weight excluding hydrogens is 509 g/mol. The quantitative estimate of drug-likeness (QED) is 0.491. The van der Waals surface area contributed by atoms with E-state index in [1.165, 1.54) is 6.20 Å². The largest absolute Gasteiger partial charge is 0.377 e. The molecule has 2 aliphatic heterocycles. The molecule has 0 amide bonds. The number of ether oxygens (including phenoxy) is 2. The standard InChI is InChI=1S/C25H28ClF3N6O2/c1-13-5-14-8-30-24(33-19-9-31-35(23(19)26)22-7-25(22,28)29)32-18(14)6-16(13)15-3-4-34(10-17(15)27)20-11-37-12-21(20)36-2/h5-6,8-9,15,17,20-22H,3-4,7,10-12H2,1-2H3,(H,30,32,33). The minimum Gasteiger partial charge on any atom is -0.377 e. The van der Waals surface area contributed by atoms with Crippen LogP contribution in [0.15, 0.2) is 24.5 Å². The molecule has 5 atom stereocenters. The van der Waals surface area contributed by atoms with E-state index in [-0.39, 0.29) is 35.6 Å². The second-order valence-electron chi connectivity index (χ2n) is 10.1. The zero-order valence-electron chi connectivity index (χ0n) is 20.5. The lowest BCUT2D eigenvalue weighted by Gasteiger charge is -2.39. The zero-order valence-corrected chi connectivity index (χ0v) is 21.3. The van der Waals surface area contributed by atoms with Gasteiger partial charge in [-0.05, 0) is 43.1 Å². The molecule has 4 heterocycles. The first kappa shape index (κ1) is 24.8. The number of aromatic nitrogens is 4. The maximum absolute atomic E-state index is 15.5. The van der Waals surface area contributed by atoms with Crippen LogP contribution in [0.3, 0.4) is 0 Å². The van der Waals surface area contributed by atoms with Crippen molar-refractivity contribution < 1.29 is 22.6 Å². The van der Waals surface area contributed by atoms with E-state index in [1.807, 2.05) is 19.1 Å². The van der Waals surface area contributed by atoms with Crippen molar-refractivity contribution in [2.75, 3.05) is 38.7 Å². The van der Waals surface area contributed by atoms with Gasteiger partial charge in [-0.2, -0.15) is 5.10 Å². The van der Waals surface area contributed by atoms with E-state index in [4.69, 9.17) is 21.1 Å². The lowest BCUT2D eigenvalue weighted by atomic mass is 9.84. The number of anilines is 2. The van der Waals surface area contributed by atoms with Gasteiger partial charge in [0.2, 0.25) is 5.95 Å². The summed E-state index contributed by atoms with van der Waals surface area (Å²) in [6.45, 7) is 4.17. The number of alkyl halides is 3. The molecule has 3 fully saturated rings. The zero-order chi connectivity index (χ0) is 25.9. The summed E-state index contributed by atoms with van der Waals surface area (Å²) in [6, 6.07) is 2.95. The van der Waals surface area contributed by atoms with E-state index in [2.05, 4.69) is 25.3 Å². The molecule has 3 aromatic rings. The fraction of sp³-hybridized carbons (Fsp3) is 0.560. The number of methoxy groups -OCH3 is 1. The Morgan fingerprint density at radius 2 is 2.05 bits per heavy atom. The molecule has 0 bridgehead atoms. The van der Waals surface area contributed by atoms with E-state index in [1.54, 1.807) is 13.3 Å². The first-order valence-corrected chi connectivity index (χ1v) is 12.8. The predicted molar refractivity (Wildman–Crippen MR) is 133 cm³/mol. The number of rotatable bonds is 6. The minimum atomic E-state index is -2.79. The average Bonchev–Trinajstić information content (AvgIpc) is 3.19. The van der Waals surface area contributed by atoms with Gasteiger partial charge in [0, 0.05) is 37.6 Å². The number of benzene rings is 1. The van der Waals surface area contributed by atoms with E-state index >= 15 is 4.39 Å². The molecule has 198 valence electrons. The van der Waals surface area contributed by atoms with Crippen LogP contribution in [0.2, 0.25) is 5.15 Å². The lowest BCUT2D eigenvalue weighted by Crippen LogP contribution is -2.51. The fourth-order valence-electron chi connectivity index (χ4n) is 5.57. The van der Waals surface area contributed by atoms with Crippen molar-refractivity contribution in [3.8, 4) is 0 Å². The Morgan fingerprint density at radius 1 is 1.24 bits per heavy atom. The van der Waals surface area contributed by atoms with Gasteiger partial charge in [0.05, 0.1) is 42.8 Å². The molecular formula is C25H28ClF3N6O2. The normalized spacial score (nSPS) is 29.6. The van der Waals surface area contributed by atoms with Crippen LogP contribution in [0.1, 0.15) is 35.9 Å². The van der Waals surface area contributed by atoms with Gasteiger partial charge in [-0.1, -0.05) is 11.6 Å². The van der Waals surface area contributed by atoms with Gasteiger partial charge in [-0.3, -0.25) is 4.90 Å². The number of halogens is 4. The van der Waals surface area contributed by atoms with Crippen molar-refractivity contribution in [3.05, 3.63) is 40.8 Å². The van der Waals surface area contributed by atoms with Crippen molar-refractivity contribution in [1.82, 2.24) is 24.6 Å². The molecule has 3 aliphatic rings. The maximum Gasteiger partial charge on any atom is 0.272 e. The van der Waals surface area contributed by atoms with Gasteiger partial charge < -0.3 is 14.8 Å². The number of hydrogen-bond donors (Lipinski definition) is 1. The summed E-state index contributed by atoms with van der Waals surface area (Å²) < 4.78 is 54.6. The Bertz CT molecular complexity index is 1320. The maximum atomic E-state index is 15.5. The molecule has 6 rings (SSSR count). The third kappa shape index (κ3) is 4.56. The third-order valence-electron chi connectivity index (χ3n) is 7.78. The highest BCUT2D eigenvalue weighted by Gasteiger charge is 2.59. The smallest absolute Gasteiger partial charge is 0.272 e. The first-order chi connectivity index (χ1) is 17.7. The highest BCUT2D eigenvalue weighted by Crippen LogP contribution is 2.53. The van der Waals surface area contributed by atoms with Gasteiger partial charge in [0.1, 0.15) is 12.2 Å². The second-order valence-corrected chi connectivity index (χ2v) is 10.5. The predicted octanol–water partition coefficient (Wildman–Crippen LogP) is 4.65. The molecule has 0 radical (unpaired) electrons. The van der Waals surface area contributed by atoms with Gasteiger partial charge in [-0.25, -0.2) is 27.8 Å². The third-order valence-corrected chi connectivity index (χ3v) is 8.16. The van der Waals surface area contributed by atoms with Crippen molar-refractivity contribution in [3.63, 3.8) is 0 Å². The highest BCUT2D eigenvalue weighted by atomic mass is 35.5. The minimum absolute atomic E-state index is 0.0323. The molecule has 1 N–H and O–H groups in total. The average molecular weight is 537 g/mol. The lowest BCUT2D eigenvalue weighted by molar-refractivity contribution is 0.0132. The first-order valence-electron chi connectivity index (χ1n) is 12.4.